The summed E-state index contributed by atoms with van der Waals surface area (Å²) in [4.78, 5) is 13.9. The summed E-state index contributed by atoms with van der Waals surface area (Å²) in [6, 6.07) is 9.74. The van der Waals surface area contributed by atoms with Crippen LogP contribution in [0, 0.1) is 5.92 Å². The molecule has 0 aliphatic carbocycles. The molecular weight excluding hydrogens is 268 g/mol. The molecule has 4 heteroatoms. The number of benzene rings is 1. The minimum absolute atomic E-state index is 0.169. The number of nitrogens with one attached hydrogen (secondary N) is 1. The maximum Gasteiger partial charge on any atom is 0.250 e. The van der Waals surface area contributed by atoms with Crippen LogP contribution in [0.1, 0.15) is 25.3 Å². The van der Waals surface area contributed by atoms with Crippen LogP contribution in [0.3, 0.4) is 0 Å². The van der Waals surface area contributed by atoms with Crippen LogP contribution in [-0.2, 0) is 4.79 Å². The zero-order chi connectivity index (χ0) is 14.4. The van der Waals surface area contributed by atoms with Crippen LogP contribution in [0.4, 0.5) is 0 Å². The molecule has 3 nitrogen and oxygen atoms in total. The van der Waals surface area contributed by atoms with Crippen molar-refractivity contribution in [3.63, 3.8) is 0 Å². The highest BCUT2D eigenvalue weighted by Crippen LogP contribution is 2.15. The first-order valence-corrected chi connectivity index (χ1v) is 7.39. The molecule has 20 heavy (non-hydrogen) atoms. The molecule has 0 aromatic heterocycles. The van der Waals surface area contributed by atoms with E-state index in [-0.39, 0.29) is 5.91 Å². The van der Waals surface area contributed by atoms with E-state index in [1.807, 2.05) is 30.3 Å². The van der Waals surface area contributed by atoms with Crippen molar-refractivity contribution in [1.82, 2.24) is 10.2 Å². The summed E-state index contributed by atoms with van der Waals surface area (Å²) in [6.45, 7) is 4.12. The predicted octanol–water partition coefficient (Wildman–Crippen LogP) is 2.83. The van der Waals surface area contributed by atoms with Gasteiger partial charge in [0.25, 0.3) is 0 Å². The van der Waals surface area contributed by atoms with E-state index in [2.05, 4.69) is 17.1 Å². The van der Waals surface area contributed by atoms with Gasteiger partial charge in [0, 0.05) is 19.2 Å². The van der Waals surface area contributed by atoms with Crippen LogP contribution in [0.5, 0.6) is 0 Å². The molecule has 1 saturated heterocycles. The molecule has 1 aliphatic heterocycles. The van der Waals surface area contributed by atoms with Gasteiger partial charge in [0.2, 0.25) is 5.91 Å². The van der Waals surface area contributed by atoms with Crippen LogP contribution in [-0.4, -0.2) is 29.0 Å². The lowest BCUT2D eigenvalue weighted by Crippen LogP contribution is -2.45. The Morgan fingerprint density at radius 3 is 2.60 bits per heavy atom. The molecule has 0 unspecified atom stereocenters. The van der Waals surface area contributed by atoms with Crippen molar-refractivity contribution >= 4 is 29.3 Å². The van der Waals surface area contributed by atoms with Gasteiger partial charge in [-0.05, 0) is 42.6 Å². The third-order valence-electron chi connectivity index (χ3n) is 3.53. The summed E-state index contributed by atoms with van der Waals surface area (Å²) in [5.74, 6) is 0.584. The maximum atomic E-state index is 11.8. The fourth-order valence-corrected chi connectivity index (χ4v) is 2.46. The molecule has 106 valence electrons. The SMILES string of the molecule is CC1CCN(C(=S)NC(=O)/C=C/c2ccccc2)CC1. The summed E-state index contributed by atoms with van der Waals surface area (Å²) in [5.41, 5.74) is 1.00. The Bertz CT molecular complexity index is 490. The lowest BCUT2D eigenvalue weighted by molar-refractivity contribution is -0.115. The fourth-order valence-electron chi connectivity index (χ4n) is 2.17. The van der Waals surface area contributed by atoms with Gasteiger partial charge < -0.3 is 4.90 Å². The van der Waals surface area contributed by atoms with E-state index in [1.54, 1.807) is 6.08 Å². The Morgan fingerprint density at radius 1 is 1.30 bits per heavy atom. The van der Waals surface area contributed by atoms with Crippen molar-refractivity contribution in [2.75, 3.05) is 13.1 Å². The van der Waals surface area contributed by atoms with Gasteiger partial charge in [0.15, 0.2) is 5.11 Å². The average molecular weight is 288 g/mol. The van der Waals surface area contributed by atoms with E-state index in [4.69, 9.17) is 12.2 Å². The summed E-state index contributed by atoms with van der Waals surface area (Å²) in [7, 11) is 0. The van der Waals surface area contributed by atoms with Crippen molar-refractivity contribution in [3.05, 3.63) is 42.0 Å². The Labute approximate surface area is 125 Å². The largest absolute Gasteiger partial charge is 0.349 e. The van der Waals surface area contributed by atoms with Gasteiger partial charge in [-0.15, -0.1) is 0 Å². The standard InChI is InChI=1S/C16H20N2OS/c1-13-9-11-18(12-10-13)16(20)17-15(19)8-7-14-5-3-2-4-6-14/h2-8,13H,9-12H2,1H3,(H,17,19,20)/b8-7+. The number of amides is 1. The zero-order valence-corrected chi connectivity index (χ0v) is 12.5. The second-order valence-electron chi connectivity index (χ2n) is 5.21. The molecule has 1 fully saturated rings. The molecule has 1 aromatic rings. The van der Waals surface area contributed by atoms with Crippen molar-refractivity contribution in [2.45, 2.75) is 19.8 Å². The van der Waals surface area contributed by atoms with Crippen molar-refractivity contribution in [2.24, 2.45) is 5.92 Å². The molecule has 1 aliphatic rings. The molecule has 1 aromatic carbocycles. The number of piperidine rings is 1. The number of likely N-dealkylation sites (tertiary alicyclic amines) is 1. The highest BCUT2D eigenvalue weighted by Gasteiger charge is 2.18. The van der Waals surface area contributed by atoms with E-state index in [9.17, 15) is 4.79 Å². The van der Waals surface area contributed by atoms with Gasteiger partial charge in [-0.3, -0.25) is 10.1 Å². The van der Waals surface area contributed by atoms with Crippen LogP contribution in [0.2, 0.25) is 0 Å². The monoisotopic (exact) mass is 288 g/mol. The Balaban J connectivity index is 1.82. The smallest absolute Gasteiger partial charge is 0.250 e. The average Bonchev–Trinajstić information content (AvgIpc) is 2.47. The Hall–Kier alpha value is -1.68. The van der Waals surface area contributed by atoms with Gasteiger partial charge in [0.1, 0.15) is 0 Å². The molecule has 2 rings (SSSR count). The highest BCUT2D eigenvalue weighted by molar-refractivity contribution is 7.80. The first-order valence-electron chi connectivity index (χ1n) is 6.98. The summed E-state index contributed by atoms with van der Waals surface area (Å²) < 4.78 is 0. The minimum atomic E-state index is -0.169. The summed E-state index contributed by atoms with van der Waals surface area (Å²) >= 11 is 5.28. The molecule has 0 spiro atoms. The van der Waals surface area contributed by atoms with Crippen LogP contribution >= 0.6 is 12.2 Å². The molecule has 0 bridgehead atoms. The molecule has 0 radical (unpaired) electrons. The quantitative estimate of drug-likeness (QED) is 0.671. The number of rotatable bonds is 2. The number of hydrogen-bond acceptors (Lipinski definition) is 2. The van der Waals surface area contributed by atoms with Crippen LogP contribution < -0.4 is 5.32 Å². The van der Waals surface area contributed by atoms with Gasteiger partial charge >= 0.3 is 0 Å². The van der Waals surface area contributed by atoms with E-state index in [1.165, 1.54) is 6.08 Å². The number of thiocarbonyl (C=S) groups is 1. The molecule has 1 amide bonds. The van der Waals surface area contributed by atoms with Crippen molar-refractivity contribution in [1.29, 1.82) is 0 Å². The molecular formula is C16H20N2OS. The minimum Gasteiger partial charge on any atom is -0.349 e. The molecule has 0 atom stereocenters. The zero-order valence-electron chi connectivity index (χ0n) is 11.7. The third-order valence-corrected chi connectivity index (χ3v) is 3.89. The second-order valence-corrected chi connectivity index (χ2v) is 5.59. The van der Waals surface area contributed by atoms with Gasteiger partial charge in [0.05, 0.1) is 0 Å². The topological polar surface area (TPSA) is 32.3 Å². The molecule has 1 heterocycles. The van der Waals surface area contributed by atoms with E-state index < -0.39 is 0 Å². The predicted molar refractivity (Wildman–Crippen MR) is 86.2 cm³/mol. The third kappa shape index (κ3) is 4.46. The van der Waals surface area contributed by atoms with Gasteiger partial charge in [-0.25, -0.2) is 0 Å². The summed E-state index contributed by atoms with van der Waals surface area (Å²) in [5, 5.41) is 3.31. The Kier molecular flexibility index (Phi) is 5.30. The number of carbonyl (C=O) groups is 1. The van der Waals surface area contributed by atoms with Crippen LogP contribution in [0.25, 0.3) is 6.08 Å². The van der Waals surface area contributed by atoms with Crippen molar-refractivity contribution in [3.8, 4) is 0 Å². The van der Waals surface area contributed by atoms with Gasteiger partial charge in [-0.2, -0.15) is 0 Å². The Morgan fingerprint density at radius 2 is 1.95 bits per heavy atom. The van der Waals surface area contributed by atoms with Crippen molar-refractivity contribution < 1.29 is 4.79 Å². The summed E-state index contributed by atoms with van der Waals surface area (Å²) in [6.07, 6.45) is 5.58. The highest BCUT2D eigenvalue weighted by atomic mass is 32.1. The normalized spacial score (nSPS) is 16.4. The lowest BCUT2D eigenvalue weighted by Gasteiger charge is -2.31. The second kappa shape index (κ2) is 7.20. The van der Waals surface area contributed by atoms with E-state index in [0.717, 1.165) is 37.4 Å². The number of hydrogen-bond donors (Lipinski definition) is 1. The molecule has 0 saturated carbocycles. The number of nitrogens with zero attached hydrogens (tertiary/aromatic N) is 1. The van der Waals surface area contributed by atoms with E-state index in [0.29, 0.717) is 5.11 Å². The number of carbonyl (C=O) groups excluding carboxylic acids is 1. The van der Waals surface area contributed by atoms with Crippen LogP contribution in [0.15, 0.2) is 36.4 Å². The fraction of sp³-hybridized carbons (Fsp3) is 0.375. The first kappa shape index (κ1) is 14.7. The van der Waals surface area contributed by atoms with Gasteiger partial charge in [-0.1, -0.05) is 37.3 Å². The van der Waals surface area contributed by atoms with E-state index >= 15 is 0 Å². The lowest BCUT2D eigenvalue weighted by atomic mass is 10.00. The maximum absolute atomic E-state index is 11.8. The molecule has 1 N–H and O–H groups in total. The first-order chi connectivity index (χ1) is 9.65.